The lowest BCUT2D eigenvalue weighted by molar-refractivity contribution is -0.122. The van der Waals surface area contributed by atoms with Gasteiger partial charge in [0.1, 0.15) is 0 Å². The minimum Gasteiger partial charge on any atom is -0.370 e. The number of benzene rings is 2. The van der Waals surface area contributed by atoms with Crippen LogP contribution in [0.4, 0.5) is 0 Å². The van der Waals surface area contributed by atoms with Crippen molar-refractivity contribution in [3.8, 4) is 0 Å². The Morgan fingerprint density at radius 1 is 0.964 bits per heavy atom. The van der Waals surface area contributed by atoms with Crippen LogP contribution in [0.1, 0.15) is 18.4 Å². The molecular weight excluding hydrogens is 352 g/mol. The Hall–Kier alpha value is -3.12. The summed E-state index contributed by atoms with van der Waals surface area (Å²) in [5, 5.41) is 4.06. The smallest absolute Gasteiger partial charge is 0.221 e. The van der Waals surface area contributed by atoms with Gasteiger partial charge in [-0.1, -0.05) is 48.5 Å². The van der Waals surface area contributed by atoms with E-state index in [-0.39, 0.29) is 30.8 Å². The van der Waals surface area contributed by atoms with Crippen molar-refractivity contribution < 1.29 is 9.59 Å². The number of fused-ring (bicyclic) bond motifs is 1. The maximum Gasteiger partial charge on any atom is 0.221 e. The Labute approximate surface area is 164 Å². The van der Waals surface area contributed by atoms with E-state index >= 15 is 0 Å². The number of carbonyl (C=O) groups excluding carboxylic acids is 2. The summed E-state index contributed by atoms with van der Waals surface area (Å²) < 4.78 is 2.05. The van der Waals surface area contributed by atoms with Crippen molar-refractivity contribution in [2.24, 2.45) is 11.5 Å². The van der Waals surface area contributed by atoms with Crippen LogP contribution < -0.4 is 16.8 Å². The first-order valence-corrected chi connectivity index (χ1v) is 9.42. The van der Waals surface area contributed by atoms with Crippen LogP contribution in [-0.2, 0) is 22.6 Å². The van der Waals surface area contributed by atoms with Crippen LogP contribution >= 0.6 is 0 Å². The van der Waals surface area contributed by atoms with E-state index in [9.17, 15) is 9.59 Å². The topological polar surface area (TPSA) is 103 Å². The summed E-state index contributed by atoms with van der Waals surface area (Å²) in [5.41, 5.74) is 13.7. The van der Waals surface area contributed by atoms with Gasteiger partial charge >= 0.3 is 0 Å². The van der Waals surface area contributed by atoms with Gasteiger partial charge in [-0.25, -0.2) is 0 Å². The number of rotatable bonds is 9. The molecule has 0 bridgehead atoms. The van der Waals surface area contributed by atoms with Gasteiger partial charge < -0.3 is 21.4 Å². The molecule has 1 heterocycles. The second-order valence-electron chi connectivity index (χ2n) is 7.12. The maximum atomic E-state index is 12.5. The van der Waals surface area contributed by atoms with E-state index in [1.165, 1.54) is 0 Å². The number of carbonyl (C=O) groups is 2. The molecule has 2 amide bonds. The molecule has 0 fully saturated rings. The molecule has 2 aromatic carbocycles. The van der Waals surface area contributed by atoms with Crippen molar-refractivity contribution in [1.29, 1.82) is 0 Å². The van der Waals surface area contributed by atoms with Crippen LogP contribution in [-0.4, -0.2) is 28.5 Å². The number of nitrogens with zero attached hydrogens (tertiary/aromatic N) is 1. The van der Waals surface area contributed by atoms with E-state index in [4.69, 9.17) is 11.5 Å². The van der Waals surface area contributed by atoms with E-state index < -0.39 is 5.91 Å². The van der Waals surface area contributed by atoms with Gasteiger partial charge in [0.2, 0.25) is 11.8 Å². The zero-order chi connectivity index (χ0) is 19.9. The van der Waals surface area contributed by atoms with Gasteiger partial charge in [-0.3, -0.25) is 9.59 Å². The molecule has 0 saturated heterocycles. The van der Waals surface area contributed by atoms with Crippen LogP contribution in [0.3, 0.4) is 0 Å². The third kappa shape index (κ3) is 5.44. The van der Waals surface area contributed by atoms with E-state index in [0.717, 1.165) is 16.5 Å². The van der Waals surface area contributed by atoms with Crippen LogP contribution in [0, 0.1) is 0 Å². The first-order chi connectivity index (χ1) is 13.5. The molecule has 0 aliphatic carbocycles. The number of amides is 2. The van der Waals surface area contributed by atoms with Crippen LogP contribution in [0.2, 0.25) is 0 Å². The van der Waals surface area contributed by atoms with Gasteiger partial charge in [0.25, 0.3) is 0 Å². The number of para-hydroxylation sites is 1. The number of primary amides is 1. The Kier molecular flexibility index (Phi) is 6.45. The lowest BCUT2D eigenvalue weighted by Gasteiger charge is -2.19. The van der Waals surface area contributed by atoms with Crippen molar-refractivity contribution >= 4 is 22.7 Å². The molecule has 146 valence electrons. The zero-order valence-corrected chi connectivity index (χ0v) is 15.8. The zero-order valence-electron chi connectivity index (χ0n) is 15.8. The molecule has 0 aliphatic rings. The van der Waals surface area contributed by atoms with Crippen molar-refractivity contribution in [3.05, 3.63) is 72.4 Å². The predicted molar refractivity (Wildman–Crippen MR) is 110 cm³/mol. The van der Waals surface area contributed by atoms with E-state index in [1.54, 1.807) is 0 Å². The summed E-state index contributed by atoms with van der Waals surface area (Å²) in [6.07, 6.45) is 2.80. The summed E-state index contributed by atoms with van der Waals surface area (Å²) >= 11 is 0. The fraction of sp³-hybridized carbons (Fsp3) is 0.273. The van der Waals surface area contributed by atoms with Gasteiger partial charge in [0.15, 0.2) is 0 Å². The fourth-order valence-corrected chi connectivity index (χ4v) is 3.46. The molecule has 0 unspecified atom stereocenters. The summed E-state index contributed by atoms with van der Waals surface area (Å²) in [6, 6.07) is 19.1. The standard InChI is InChI=1S/C22H26N4O2/c23-18(15-26-11-10-17-8-4-5-9-20(17)26)13-22(28)25-19(14-21(24)27)12-16-6-2-1-3-7-16/h1-11,18-19H,12-15,23H2,(H2,24,27)(H,25,28)/t18-,19+/m1/s1. The Morgan fingerprint density at radius 3 is 2.43 bits per heavy atom. The minimum atomic E-state index is -0.440. The highest BCUT2D eigenvalue weighted by Gasteiger charge is 2.18. The second kappa shape index (κ2) is 9.19. The summed E-state index contributed by atoms with van der Waals surface area (Å²) in [6.45, 7) is 0.542. The van der Waals surface area contributed by atoms with Crippen molar-refractivity contribution in [2.75, 3.05) is 0 Å². The Morgan fingerprint density at radius 2 is 1.68 bits per heavy atom. The molecule has 2 atom stereocenters. The average molecular weight is 378 g/mol. The number of hydrogen-bond donors (Lipinski definition) is 3. The van der Waals surface area contributed by atoms with Gasteiger partial charge in [-0.2, -0.15) is 0 Å². The van der Waals surface area contributed by atoms with E-state index in [1.807, 2.05) is 66.9 Å². The van der Waals surface area contributed by atoms with Crippen molar-refractivity contribution in [2.45, 2.75) is 37.9 Å². The number of nitrogens with two attached hydrogens (primary N) is 2. The summed E-state index contributed by atoms with van der Waals surface area (Å²) in [5.74, 6) is -0.615. The third-order valence-electron chi connectivity index (χ3n) is 4.70. The van der Waals surface area contributed by atoms with Gasteiger partial charge in [-0.15, -0.1) is 0 Å². The molecule has 6 heteroatoms. The molecule has 3 rings (SSSR count). The third-order valence-corrected chi connectivity index (χ3v) is 4.70. The van der Waals surface area contributed by atoms with Crippen molar-refractivity contribution in [1.82, 2.24) is 9.88 Å². The van der Waals surface area contributed by atoms with Crippen LogP contribution in [0.5, 0.6) is 0 Å². The quantitative estimate of drug-likeness (QED) is 0.530. The van der Waals surface area contributed by atoms with Crippen LogP contribution in [0.15, 0.2) is 66.9 Å². The molecule has 0 spiro atoms. The molecule has 5 N–H and O–H groups in total. The molecule has 0 saturated carbocycles. The second-order valence-corrected chi connectivity index (χ2v) is 7.12. The lowest BCUT2D eigenvalue weighted by Crippen LogP contribution is -2.42. The number of hydrogen-bond acceptors (Lipinski definition) is 3. The summed E-state index contributed by atoms with van der Waals surface area (Å²) in [7, 11) is 0. The highest BCUT2D eigenvalue weighted by molar-refractivity contribution is 5.80. The Balaban J connectivity index is 1.57. The number of aromatic nitrogens is 1. The maximum absolute atomic E-state index is 12.5. The SMILES string of the molecule is NC(=O)C[C@H](Cc1ccccc1)NC(=O)C[C@@H](N)Cn1ccc2ccccc21. The van der Waals surface area contributed by atoms with Gasteiger partial charge in [0, 0.05) is 43.2 Å². The molecule has 0 aliphatic heterocycles. The molecule has 3 aromatic rings. The molecule has 0 radical (unpaired) electrons. The lowest BCUT2D eigenvalue weighted by atomic mass is 10.0. The fourth-order valence-electron chi connectivity index (χ4n) is 3.46. The van der Waals surface area contributed by atoms with Gasteiger partial charge in [0.05, 0.1) is 0 Å². The van der Waals surface area contributed by atoms with Gasteiger partial charge in [-0.05, 0) is 29.5 Å². The largest absolute Gasteiger partial charge is 0.370 e. The predicted octanol–water partition coefficient (Wildman–Crippen LogP) is 1.96. The molecule has 6 nitrogen and oxygen atoms in total. The highest BCUT2D eigenvalue weighted by Crippen LogP contribution is 2.15. The molecule has 28 heavy (non-hydrogen) atoms. The van der Waals surface area contributed by atoms with E-state index in [0.29, 0.717) is 13.0 Å². The average Bonchev–Trinajstić information content (AvgIpc) is 3.04. The number of nitrogens with one attached hydrogen (secondary N) is 1. The monoisotopic (exact) mass is 378 g/mol. The first-order valence-electron chi connectivity index (χ1n) is 9.42. The Bertz CT molecular complexity index is 936. The van der Waals surface area contributed by atoms with E-state index in [2.05, 4.69) is 9.88 Å². The molecule has 1 aromatic heterocycles. The van der Waals surface area contributed by atoms with Crippen LogP contribution in [0.25, 0.3) is 10.9 Å². The first kappa shape index (κ1) is 19.6. The van der Waals surface area contributed by atoms with Crippen molar-refractivity contribution in [3.63, 3.8) is 0 Å². The normalized spacial score (nSPS) is 13.2. The minimum absolute atomic E-state index is 0.0953. The summed E-state index contributed by atoms with van der Waals surface area (Å²) in [4.78, 5) is 23.9. The highest BCUT2D eigenvalue weighted by atomic mass is 16.2. The molecular formula is C22H26N4O2.